The van der Waals surface area contributed by atoms with Gasteiger partial charge in [0.1, 0.15) is 6.54 Å². The van der Waals surface area contributed by atoms with Gasteiger partial charge in [-0.1, -0.05) is 104 Å². The molecule has 1 aliphatic rings. The molecule has 1 unspecified atom stereocenters. The van der Waals surface area contributed by atoms with Gasteiger partial charge in [0, 0.05) is 56.3 Å². The maximum absolute atomic E-state index is 12.3. The van der Waals surface area contributed by atoms with Crippen LogP contribution in [0.5, 0.6) is 0 Å². The number of unbranched alkanes of at least 4 members (excludes halogenated alkanes) is 15. The third-order valence-electron chi connectivity index (χ3n) is 9.06. The predicted molar refractivity (Wildman–Crippen MR) is 182 cm³/mol. The number of rotatable bonds is 28. The fourth-order valence-corrected chi connectivity index (χ4v) is 6.26. The molecule has 6 heteroatoms. The fourth-order valence-electron chi connectivity index (χ4n) is 6.26. The molecule has 0 saturated carbocycles. The van der Waals surface area contributed by atoms with Crippen molar-refractivity contribution in [3.63, 3.8) is 0 Å². The van der Waals surface area contributed by atoms with E-state index in [2.05, 4.69) is 47.8 Å². The number of pyridine rings is 1. The maximum atomic E-state index is 12.3. The largest absolute Gasteiger partial charge is 1.00 e. The maximum Gasteiger partial charge on any atom is 0.305 e. The Morgan fingerprint density at radius 1 is 0.727 bits per heavy atom. The monoisotopic (exact) mass is 680 g/mol. The van der Waals surface area contributed by atoms with Gasteiger partial charge < -0.3 is 31.4 Å². The van der Waals surface area contributed by atoms with Gasteiger partial charge in [-0.3, -0.25) is 4.79 Å². The molecular formula is C38H69BrN2O3. The van der Waals surface area contributed by atoms with Crippen LogP contribution in [0.2, 0.25) is 0 Å². The van der Waals surface area contributed by atoms with Gasteiger partial charge in [-0.25, -0.2) is 4.57 Å². The molecule has 1 aromatic heterocycles. The number of piperidine rings is 1. The molecule has 0 spiro atoms. The topological polar surface area (TPSA) is 42.7 Å². The summed E-state index contributed by atoms with van der Waals surface area (Å²) in [5.41, 5.74) is 1.35. The summed E-state index contributed by atoms with van der Waals surface area (Å²) in [5, 5.41) is 0. The van der Waals surface area contributed by atoms with Crippen molar-refractivity contribution in [3.8, 4) is 0 Å². The second kappa shape index (κ2) is 29.3. The molecule has 0 aromatic carbocycles. The lowest BCUT2D eigenvalue weighted by Gasteiger charge is -2.28. The minimum absolute atomic E-state index is 0. The Bertz CT molecular complexity index is 770. The first-order chi connectivity index (χ1) is 21.2. The molecule has 5 nitrogen and oxygen atoms in total. The predicted octanol–water partition coefficient (Wildman–Crippen LogP) is 6.99. The van der Waals surface area contributed by atoms with E-state index in [1.807, 2.05) is 0 Å². The van der Waals surface area contributed by atoms with E-state index in [1.54, 1.807) is 0 Å². The average Bonchev–Trinajstić information content (AvgIpc) is 3.04. The van der Waals surface area contributed by atoms with Gasteiger partial charge in [0.25, 0.3) is 0 Å². The lowest BCUT2D eigenvalue weighted by molar-refractivity contribution is -0.697. The molecule has 1 saturated heterocycles. The van der Waals surface area contributed by atoms with Crippen LogP contribution in [0.15, 0.2) is 24.5 Å². The number of nitrogens with zero attached hydrogens (tertiary/aromatic N) is 2. The van der Waals surface area contributed by atoms with Crippen molar-refractivity contribution in [2.75, 3.05) is 37.8 Å². The molecule has 0 amide bonds. The number of hydrogen-bond donors (Lipinski definition) is 0. The highest BCUT2D eigenvalue weighted by Crippen LogP contribution is 2.18. The SMILES string of the molecule is CCCCCCCCCCCCCCCCOCC(CCC)COC(=O)CCCCC[n+]1ccc(N2CCCCC2)cc1.[Br-]. The molecule has 1 aromatic rings. The van der Waals surface area contributed by atoms with Crippen molar-refractivity contribution < 1.29 is 35.8 Å². The number of carbonyl (C=O) groups is 1. The summed E-state index contributed by atoms with van der Waals surface area (Å²) in [6.45, 7) is 9.92. The first kappa shape index (κ1) is 40.9. The third-order valence-corrected chi connectivity index (χ3v) is 9.06. The van der Waals surface area contributed by atoms with Gasteiger partial charge in [0.15, 0.2) is 12.4 Å². The highest BCUT2D eigenvalue weighted by Gasteiger charge is 2.13. The lowest BCUT2D eigenvalue weighted by Crippen LogP contribution is -3.00. The Labute approximate surface area is 283 Å². The second-order valence-electron chi connectivity index (χ2n) is 13.2. The van der Waals surface area contributed by atoms with Crippen LogP contribution in [0.3, 0.4) is 0 Å². The van der Waals surface area contributed by atoms with Crippen molar-refractivity contribution in [2.45, 2.75) is 168 Å². The second-order valence-corrected chi connectivity index (χ2v) is 13.2. The van der Waals surface area contributed by atoms with E-state index in [0.29, 0.717) is 25.6 Å². The molecular weight excluding hydrogens is 612 g/mol. The summed E-state index contributed by atoms with van der Waals surface area (Å²) in [6, 6.07) is 4.50. The van der Waals surface area contributed by atoms with Crippen molar-refractivity contribution in [2.24, 2.45) is 5.92 Å². The average molecular weight is 682 g/mol. The van der Waals surface area contributed by atoms with Crippen LogP contribution in [0.1, 0.15) is 162 Å². The molecule has 0 radical (unpaired) electrons. The number of aromatic nitrogens is 1. The summed E-state index contributed by atoms with van der Waals surface area (Å²) < 4.78 is 13.9. The normalized spacial score (nSPS) is 13.9. The van der Waals surface area contributed by atoms with Gasteiger partial charge in [-0.2, -0.15) is 0 Å². The standard InChI is InChI=1S/C38H69N2O3.BrH/c1-3-5-6-7-8-9-10-11-12-13-14-15-16-23-33-42-34-36(24-4-2)35-43-38(41)25-19-17-20-28-39-31-26-37(27-32-39)40-29-21-18-22-30-40;/h26-27,31-32,36H,3-25,28-30,33-35H2,1-2H3;1H/q+1;/p-1. The van der Waals surface area contributed by atoms with E-state index >= 15 is 0 Å². The van der Waals surface area contributed by atoms with Gasteiger partial charge >= 0.3 is 5.97 Å². The van der Waals surface area contributed by atoms with E-state index in [1.165, 1.54) is 122 Å². The zero-order valence-corrected chi connectivity index (χ0v) is 30.5. The highest BCUT2D eigenvalue weighted by atomic mass is 79.9. The minimum atomic E-state index is -0.0494. The van der Waals surface area contributed by atoms with Gasteiger partial charge in [-0.15, -0.1) is 0 Å². The van der Waals surface area contributed by atoms with Crippen LogP contribution in [0.4, 0.5) is 5.69 Å². The van der Waals surface area contributed by atoms with Gasteiger partial charge in [0.05, 0.1) is 13.2 Å². The van der Waals surface area contributed by atoms with Crippen molar-refractivity contribution in [1.82, 2.24) is 0 Å². The Hall–Kier alpha value is -1.14. The summed E-state index contributed by atoms with van der Waals surface area (Å²) >= 11 is 0. The van der Waals surface area contributed by atoms with E-state index < -0.39 is 0 Å². The van der Waals surface area contributed by atoms with E-state index in [0.717, 1.165) is 51.7 Å². The number of anilines is 1. The van der Waals surface area contributed by atoms with Crippen molar-refractivity contribution in [3.05, 3.63) is 24.5 Å². The van der Waals surface area contributed by atoms with Crippen LogP contribution in [-0.4, -0.2) is 38.9 Å². The molecule has 1 atom stereocenters. The Kier molecular flexibility index (Phi) is 27.2. The van der Waals surface area contributed by atoms with Crippen LogP contribution in [-0.2, 0) is 20.8 Å². The summed E-state index contributed by atoms with van der Waals surface area (Å²) in [7, 11) is 0. The number of aryl methyl sites for hydroxylation is 1. The molecule has 1 aliphatic heterocycles. The van der Waals surface area contributed by atoms with Crippen molar-refractivity contribution in [1.29, 1.82) is 0 Å². The van der Waals surface area contributed by atoms with E-state index in [9.17, 15) is 4.79 Å². The number of hydrogen-bond acceptors (Lipinski definition) is 4. The Morgan fingerprint density at radius 3 is 1.89 bits per heavy atom. The van der Waals surface area contributed by atoms with Crippen molar-refractivity contribution >= 4 is 11.7 Å². The summed E-state index contributed by atoms with van der Waals surface area (Å²) in [5.74, 6) is 0.275. The van der Waals surface area contributed by atoms with E-state index in [4.69, 9.17) is 9.47 Å². The summed E-state index contributed by atoms with van der Waals surface area (Å²) in [6.07, 6.45) is 33.4. The molecule has 2 heterocycles. The first-order valence-electron chi connectivity index (χ1n) is 18.7. The quantitative estimate of drug-likeness (QED) is 0.0544. The minimum Gasteiger partial charge on any atom is -1.00 e. The lowest BCUT2D eigenvalue weighted by atomic mass is 10.0. The molecule has 2 rings (SSSR count). The third kappa shape index (κ3) is 21.6. The zero-order valence-electron chi connectivity index (χ0n) is 28.9. The van der Waals surface area contributed by atoms with Crippen LogP contribution in [0, 0.1) is 5.92 Å². The first-order valence-corrected chi connectivity index (χ1v) is 18.7. The molecule has 1 fully saturated rings. The molecule has 0 N–H and O–H groups in total. The van der Waals surface area contributed by atoms with Crippen LogP contribution < -0.4 is 26.4 Å². The Morgan fingerprint density at radius 2 is 1.30 bits per heavy atom. The zero-order chi connectivity index (χ0) is 30.6. The number of carbonyl (C=O) groups excluding carboxylic acids is 1. The number of ether oxygens (including phenoxy) is 2. The van der Waals surface area contributed by atoms with Gasteiger partial charge in [-0.05, 0) is 44.9 Å². The highest BCUT2D eigenvalue weighted by molar-refractivity contribution is 5.69. The summed E-state index contributed by atoms with van der Waals surface area (Å²) in [4.78, 5) is 14.8. The molecule has 44 heavy (non-hydrogen) atoms. The molecule has 0 aliphatic carbocycles. The van der Waals surface area contributed by atoms with E-state index in [-0.39, 0.29) is 23.0 Å². The number of halogens is 1. The fraction of sp³-hybridized carbons (Fsp3) is 0.842. The molecule has 0 bridgehead atoms. The molecule has 256 valence electrons. The van der Waals surface area contributed by atoms with Gasteiger partial charge in [0.2, 0.25) is 0 Å². The van der Waals surface area contributed by atoms with Crippen LogP contribution >= 0.6 is 0 Å². The smallest absolute Gasteiger partial charge is 0.305 e. The Balaban J connectivity index is 0.00000968. The van der Waals surface area contributed by atoms with Crippen LogP contribution in [0.25, 0.3) is 0 Å². The number of esters is 1.